The first-order valence-electron chi connectivity index (χ1n) is 8.83. The predicted octanol–water partition coefficient (Wildman–Crippen LogP) is 1.59. The van der Waals surface area contributed by atoms with Crippen LogP contribution in [0, 0.1) is 5.92 Å². The van der Waals surface area contributed by atoms with E-state index in [1.54, 1.807) is 0 Å². The number of aryl methyl sites for hydroxylation is 1. The minimum absolute atomic E-state index is 0.226. The molecule has 0 unspecified atom stereocenters. The summed E-state index contributed by atoms with van der Waals surface area (Å²) in [5.74, 6) is 0.464. The Bertz CT molecular complexity index is 750. The predicted molar refractivity (Wildman–Crippen MR) is 93.5 cm³/mol. The number of amides is 1. The molecule has 2 aromatic rings. The second-order valence-corrected chi connectivity index (χ2v) is 7.27. The zero-order chi connectivity index (χ0) is 16.7. The van der Waals surface area contributed by atoms with Gasteiger partial charge < -0.3 is 14.6 Å². The Morgan fingerprint density at radius 3 is 2.83 bits per heavy atom. The molecular weight excluding hydrogens is 302 g/mol. The normalized spacial score (nSPS) is 22.8. The summed E-state index contributed by atoms with van der Waals surface area (Å²) in [5.41, 5.74) is 2.48. The largest absolute Gasteiger partial charge is 0.390 e. The lowest BCUT2D eigenvalue weighted by molar-refractivity contribution is -0.133. The van der Waals surface area contributed by atoms with Gasteiger partial charge in [0.05, 0.1) is 6.10 Å². The highest BCUT2D eigenvalue weighted by Crippen LogP contribution is 2.31. The van der Waals surface area contributed by atoms with E-state index < -0.39 is 6.10 Å². The maximum absolute atomic E-state index is 12.3. The molecule has 2 aliphatic rings. The molecular formula is C19H25N3O2. The first kappa shape index (κ1) is 15.7. The number of nitrogens with zero attached hydrogens (tertiary/aromatic N) is 3. The molecule has 0 bridgehead atoms. The molecule has 1 aliphatic carbocycles. The van der Waals surface area contributed by atoms with Crippen LogP contribution in [0.1, 0.15) is 18.4 Å². The van der Waals surface area contributed by atoms with Crippen molar-refractivity contribution in [3.63, 3.8) is 0 Å². The van der Waals surface area contributed by atoms with Gasteiger partial charge in [0.15, 0.2) is 0 Å². The first-order chi connectivity index (χ1) is 11.6. The number of rotatable bonds is 3. The smallest absolute Gasteiger partial charge is 0.225 e. The Morgan fingerprint density at radius 1 is 1.21 bits per heavy atom. The molecule has 5 heteroatoms. The summed E-state index contributed by atoms with van der Waals surface area (Å²) in [5, 5.41) is 11.5. The van der Waals surface area contributed by atoms with E-state index in [1.165, 1.54) is 16.5 Å². The molecule has 2 fully saturated rings. The average Bonchev–Trinajstić information content (AvgIpc) is 3.36. The molecule has 0 radical (unpaired) electrons. The molecule has 4 rings (SSSR count). The van der Waals surface area contributed by atoms with Crippen molar-refractivity contribution in [3.8, 4) is 0 Å². The molecule has 1 amide bonds. The van der Waals surface area contributed by atoms with Crippen LogP contribution in [0.5, 0.6) is 0 Å². The third-order valence-corrected chi connectivity index (χ3v) is 5.18. The molecule has 1 atom stereocenters. The minimum Gasteiger partial charge on any atom is -0.390 e. The molecule has 5 nitrogen and oxygen atoms in total. The van der Waals surface area contributed by atoms with Crippen molar-refractivity contribution in [2.75, 3.05) is 26.2 Å². The van der Waals surface area contributed by atoms with Crippen LogP contribution in [0.2, 0.25) is 0 Å². The van der Waals surface area contributed by atoms with E-state index in [0.29, 0.717) is 13.1 Å². The van der Waals surface area contributed by atoms with Crippen molar-refractivity contribution < 1.29 is 9.90 Å². The van der Waals surface area contributed by atoms with Crippen molar-refractivity contribution in [1.29, 1.82) is 0 Å². The second-order valence-electron chi connectivity index (χ2n) is 7.27. The van der Waals surface area contributed by atoms with Gasteiger partial charge in [-0.1, -0.05) is 6.07 Å². The number of aromatic nitrogens is 1. The van der Waals surface area contributed by atoms with Crippen molar-refractivity contribution in [3.05, 3.63) is 36.0 Å². The highest BCUT2D eigenvalue weighted by atomic mass is 16.3. The second kappa shape index (κ2) is 6.22. The lowest BCUT2D eigenvalue weighted by Gasteiger charge is -2.21. The van der Waals surface area contributed by atoms with Gasteiger partial charge in [-0.05, 0) is 42.0 Å². The number of carbonyl (C=O) groups excluding carboxylic acids is 1. The highest BCUT2D eigenvalue weighted by Gasteiger charge is 2.35. The summed E-state index contributed by atoms with van der Waals surface area (Å²) in [7, 11) is 2.05. The quantitative estimate of drug-likeness (QED) is 0.931. The average molecular weight is 327 g/mol. The number of hydrogen-bond acceptors (Lipinski definition) is 3. The van der Waals surface area contributed by atoms with E-state index in [9.17, 15) is 9.90 Å². The van der Waals surface area contributed by atoms with Crippen LogP contribution < -0.4 is 0 Å². The molecule has 0 spiro atoms. The van der Waals surface area contributed by atoms with E-state index in [-0.39, 0.29) is 11.8 Å². The standard InChI is InChI=1S/C19H25N3O2/c1-20-7-6-16-10-14(2-5-18(16)20)11-21-8-9-22(13-17(23)12-21)19(24)15-3-4-15/h2,5-7,10,15,17,23H,3-4,8-9,11-13H2,1H3/t17-/m1/s1. The van der Waals surface area contributed by atoms with Gasteiger partial charge in [0.1, 0.15) is 0 Å². The maximum Gasteiger partial charge on any atom is 0.225 e. The summed E-state index contributed by atoms with van der Waals surface area (Å²) in [6.45, 7) is 3.46. The van der Waals surface area contributed by atoms with Gasteiger partial charge in [-0.3, -0.25) is 9.69 Å². The number of carbonyl (C=O) groups is 1. The van der Waals surface area contributed by atoms with Crippen molar-refractivity contribution in [2.24, 2.45) is 13.0 Å². The van der Waals surface area contributed by atoms with Crippen LogP contribution in [-0.4, -0.2) is 57.7 Å². The number of β-amino-alcohol motifs (C(OH)–C–C–N with tert-alkyl or cyclic N) is 1. The fourth-order valence-electron chi connectivity index (χ4n) is 3.67. The molecule has 1 N–H and O–H groups in total. The van der Waals surface area contributed by atoms with Crippen molar-refractivity contribution in [2.45, 2.75) is 25.5 Å². The van der Waals surface area contributed by atoms with E-state index >= 15 is 0 Å². The molecule has 1 aromatic heterocycles. The topological polar surface area (TPSA) is 48.7 Å². The number of hydrogen-bond donors (Lipinski definition) is 1. The maximum atomic E-state index is 12.3. The number of aliphatic hydroxyl groups is 1. The lowest BCUT2D eigenvalue weighted by atomic mass is 10.1. The molecule has 1 saturated carbocycles. The zero-order valence-corrected chi connectivity index (χ0v) is 14.2. The Hall–Kier alpha value is -1.85. The summed E-state index contributed by atoms with van der Waals surface area (Å²) >= 11 is 0. The number of fused-ring (bicyclic) bond motifs is 1. The molecule has 1 aromatic carbocycles. The molecule has 1 saturated heterocycles. The number of aliphatic hydroxyl groups excluding tert-OH is 1. The monoisotopic (exact) mass is 327 g/mol. The van der Waals surface area contributed by atoms with E-state index in [4.69, 9.17) is 0 Å². The SMILES string of the molecule is Cn1ccc2cc(CN3CCN(C(=O)C4CC4)C[C@H](O)C3)ccc21. The van der Waals surface area contributed by atoms with Gasteiger partial charge in [0.2, 0.25) is 5.91 Å². The highest BCUT2D eigenvalue weighted by molar-refractivity contribution is 5.81. The van der Waals surface area contributed by atoms with Gasteiger partial charge >= 0.3 is 0 Å². The Kier molecular flexibility index (Phi) is 4.06. The van der Waals surface area contributed by atoms with Crippen LogP contribution in [0.25, 0.3) is 10.9 Å². The molecule has 1 aliphatic heterocycles. The van der Waals surface area contributed by atoms with Gasteiger partial charge in [0.25, 0.3) is 0 Å². The van der Waals surface area contributed by atoms with Crippen LogP contribution in [-0.2, 0) is 18.4 Å². The van der Waals surface area contributed by atoms with E-state index in [2.05, 4.69) is 47.0 Å². The zero-order valence-electron chi connectivity index (χ0n) is 14.2. The van der Waals surface area contributed by atoms with E-state index in [1.807, 2.05) is 4.90 Å². The Labute approximate surface area is 142 Å². The fourth-order valence-corrected chi connectivity index (χ4v) is 3.67. The molecule has 24 heavy (non-hydrogen) atoms. The van der Waals surface area contributed by atoms with Gasteiger partial charge in [0, 0.05) is 57.4 Å². The summed E-state index contributed by atoms with van der Waals surface area (Å²) in [6, 6.07) is 8.67. The van der Waals surface area contributed by atoms with Crippen molar-refractivity contribution >= 4 is 16.8 Å². The summed E-state index contributed by atoms with van der Waals surface area (Å²) < 4.78 is 2.12. The van der Waals surface area contributed by atoms with Gasteiger partial charge in [-0.15, -0.1) is 0 Å². The number of benzene rings is 1. The molecule has 2 heterocycles. The first-order valence-corrected chi connectivity index (χ1v) is 8.83. The van der Waals surface area contributed by atoms with Crippen LogP contribution in [0.15, 0.2) is 30.5 Å². The third kappa shape index (κ3) is 3.19. The fraction of sp³-hybridized carbons (Fsp3) is 0.526. The summed E-state index contributed by atoms with van der Waals surface area (Å²) in [4.78, 5) is 16.4. The molecule has 128 valence electrons. The van der Waals surface area contributed by atoms with E-state index in [0.717, 1.165) is 32.5 Å². The van der Waals surface area contributed by atoms with Crippen LogP contribution in [0.4, 0.5) is 0 Å². The minimum atomic E-state index is -0.462. The Balaban J connectivity index is 1.44. The van der Waals surface area contributed by atoms with Crippen molar-refractivity contribution in [1.82, 2.24) is 14.4 Å². The Morgan fingerprint density at radius 2 is 2.04 bits per heavy atom. The lowest BCUT2D eigenvalue weighted by Crippen LogP contribution is -2.38. The van der Waals surface area contributed by atoms with Gasteiger partial charge in [-0.25, -0.2) is 0 Å². The third-order valence-electron chi connectivity index (χ3n) is 5.18. The summed E-state index contributed by atoms with van der Waals surface area (Å²) in [6.07, 6.45) is 3.65. The van der Waals surface area contributed by atoms with Crippen LogP contribution in [0.3, 0.4) is 0 Å². The van der Waals surface area contributed by atoms with Gasteiger partial charge in [-0.2, -0.15) is 0 Å². The van der Waals surface area contributed by atoms with Crippen LogP contribution >= 0.6 is 0 Å².